The fourth-order valence-electron chi connectivity index (χ4n) is 5.16. The Morgan fingerprint density at radius 2 is 1.82 bits per heavy atom. The summed E-state index contributed by atoms with van der Waals surface area (Å²) in [6.07, 6.45) is -1.35. The summed E-state index contributed by atoms with van der Waals surface area (Å²) in [4.78, 5) is 18.2. The van der Waals surface area contributed by atoms with Gasteiger partial charge in [0.05, 0.1) is 25.9 Å². The summed E-state index contributed by atoms with van der Waals surface area (Å²) in [5, 5.41) is 3.39. The highest BCUT2D eigenvalue weighted by Gasteiger charge is 2.57. The van der Waals surface area contributed by atoms with Gasteiger partial charge in [-0.05, 0) is 53.1 Å². The van der Waals surface area contributed by atoms with E-state index in [2.05, 4.69) is 14.9 Å². The van der Waals surface area contributed by atoms with Crippen molar-refractivity contribution in [1.82, 2.24) is 4.90 Å². The lowest BCUT2D eigenvalue weighted by molar-refractivity contribution is 0.145. The molecule has 8 nitrogen and oxygen atoms in total. The second kappa shape index (κ2) is 8.53. The van der Waals surface area contributed by atoms with Crippen LogP contribution in [0.2, 0.25) is 0 Å². The van der Waals surface area contributed by atoms with Gasteiger partial charge in [0.1, 0.15) is 23.5 Å². The molecule has 2 aromatic rings. The number of methoxy groups -OCH3 is 1. The average Bonchev–Trinajstić information content (AvgIpc) is 3.10. The number of rotatable bonds is 7. The Balaban J connectivity index is 1.24. The molecule has 0 aromatic heterocycles. The topological polar surface area (TPSA) is 90.8 Å². The first-order valence-electron chi connectivity index (χ1n) is 10.8. The van der Waals surface area contributed by atoms with Crippen LogP contribution in [0.25, 0.3) is 10.4 Å². The number of fused-ring (bicyclic) bond motifs is 1. The van der Waals surface area contributed by atoms with E-state index in [0.29, 0.717) is 0 Å². The van der Waals surface area contributed by atoms with Gasteiger partial charge in [-0.3, -0.25) is 9.80 Å². The van der Waals surface area contributed by atoms with E-state index in [-0.39, 0.29) is 42.1 Å². The van der Waals surface area contributed by atoms with Crippen molar-refractivity contribution in [3.05, 3.63) is 69.6 Å². The summed E-state index contributed by atoms with van der Waals surface area (Å²) >= 11 is 0. The van der Waals surface area contributed by atoms with Crippen molar-refractivity contribution < 1.29 is 23.0 Å². The van der Waals surface area contributed by atoms with Crippen LogP contribution in [0.4, 0.5) is 19.3 Å². The van der Waals surface area contributed by atoms with Crippen LogP contribution in [-0.2, 0) is 11.3 Å². The van der Waals surface area contributed by atoms with Gasteiger partial charge in [0.15, 0.2) is 0 Å². The Bertz CT molecular complexity index is 1090. The number of ether oxygens (including phenoxy) is 2. The number of azide groups is 1. The maximum Gasteiger partial charge on any atom is 0.414 e. The van der Waals surface area contributed by atoms with Gasteiger partial charge >= 0.3 is 6.09 Å². The first-order valence-corrected chi connectivity index (χ1v) is 10.8. The molecule has 3 fully saturated rings. The highest BCUT2D eigenvalue weighted by Crippen LogP contribution is 2.59. The zero-order valence-corrected chi connectivity index (χ0v) is 18.0. The first kappa shape index (κ1) is 21.5. The molecule has 3 aliphatic rings. The number of hydrogen-bond acceptors (Lipinski definition) is 5. The number of nitrogens with zero attached hydrogens (tertiary/aromatic N) is 5. The molecular weight excluding hydrogens is 432 g/mol. The molecule has 0 radical (unpaired) electrons. The quantitative estimate of drug-likeness (QED) is 0.350. The summed E-state index contributed by atoms with van der Waals surface area (Å²) in [7, 11) is 1.63. The van der Waals surface area contributed by atoms with Gasteiger partial charge in [-0.15, -0.1) is 0 Å². The molecule has 10 heteroatoms. The highest BCUT2D eigenvalue weighted by molar-refractivity contribution is 5.89. The number of benzene rings is 2. The second-order valence-corrected chi connectivity index (χ2v) is 8.75. The van der Waals surface area contributed by atoms with Crippen LogP contribution in [0.3, 0.4) is 0 Å². The zero-order chi connectivity index (χ0) is 23.1. The molecule has 2 aromatic carbocycles. The molecule has 2 saturated heterocycles. The van der Waals surface area contributed by atoms with Gasteiger partial charge in [-0.2, -0.15) is 0 Å². The minimum absolute atomic E-state index is 0.0275. The fraction of sp³-hybridized carbons (Fsp3) is 0.435. The molecule has 172 valence electrons. The van der Waals surface area contributed by atoms with Crippen molar-refractivity contribution in [2.45, 2.75) is 18.6 Å². The minimum atomic E-state index is -0.711. The van der Waals surface area contributed by atoms with Crippen LogP contribution in [0.5, 0.6) is 5.75 Å². The number of cyclic esters (lactones) is 1. The molecule has 0 bridgehead atoms. The summed E-state index contributed by atoms with van der Waals surface area (Å²) in [5.74, 6) is -0.166. The van der Waals surface area contributed by atoms with E-state index in [1.807, 2.05) is 24.3 Å². The number of carbonyl (C=O) groups excluding carboxylic acids is 1. The lowest BCUT2D eigenvalue weighted by Gasteiger charge is -2.21. The molecule has 5 rings (SSSR count). The van der Waals surface area contributed by atoms with Crippen molar-refractivity contribution in [3.63, 3.8) is 0 Å². The van der Waals surface area contributed by atoms with Crippen LogP contribution in [0, 0.1) is 23.5 Å². The highest BCUT2D eigenvalue weighted by atomic mass is 19.1. The standard InChI is InChI=1S/C23H23F2N5O3/c1-32-15-4-2-13(3-5-15)9-29-11-17-18(12-29)21(17)22-19(24)6-14(7-20(22)25)30-10-16(8-27-28-26)33-23(30)31/h2-7,16-18,21H,8-12H2,1H3/t16-,17-,18+,21?/m0/s1. The van der Waals surface area contributed by atoms with Crippen molar-refractivity contribution >= 4 is 11.8 Å². The third-order valence-electron chi connectivity index (χ3n) is 6.77. The Morgan fingerprint density at radius 3 is 2.42 bits per heavy atom. The van der Waals surface area contributed by atoms with E-state index in [0.717, 1.165) is 30.3 Å². The average molecular weight is 455 g/mol. The third-order valence-corrected chi connectivity index (χ3v) is 6.77. The molecule has 4 atom stereocenters. The molecule has 2 aliphatic heterocycles. The molecular formula is C23H23F2N5O3. The number of piperidine rings is 1. The number of carbonyl (C=O) groups is 1. The lowest BCUT2D eigenvalue weighted by atomic mass is 10.0. The van der Waals surface area contributed by atoms with E-state index >= 15 is 0 Å². The normalized spacial score (nSPS) is 26.0. The van der Waals surface area contributed by atoms with Gasteiger partial charge in [0.25, 0.3) is 0 Å². The molecule has 1 amide bonds. The molecule has 33 heavy (non-hydrogen) atoms. The van der Waals surface area contributed by atoms with Crippen molar-refractivity contribution in [2.75, 3.05) is 38.2 Å². The van der Waals surface area contributed by atoms with Crippen molar-refractivity contribution in [1.29, 1.82) is 0 Å². The number of anilines is 1. The van der Waals surface area contributed by atoms with Gasteiger partial charge < -0.3 is 9.47 Å². The number of amides is 1. The number of hydrogen-bond donors (Lipinski definition) is 0. The SMILES string of the molecule is COc1ccc(CN2C[C@@H]3C(c4c(F)cc(N5C[C@H](CN=[N+]=[N-])OC5=O)cc4F)[C@@H]3C2)cc1. The van der Waals surface area contributed by atoms with Crippen LogP contribution >= 0.6 is 0 Å². The maximum atomic E-state index is 15.0. The molecule has 1 saturated carbocycles. The summed E-state index contributed by atoms with van der Waals surface area (Å²) in [6.45, 7) is 2.43. The Kier molecular flexibility index (Phi) is 5.55. The van der Waals surface area contributed by atoms with Gasteiger partial charge in [0.2, 0.25) is 0 Å². The van der Waals surface area contributed by atoms with Crippen molar-refractivity contribution in [3.8, 4) is 5.75 Å². The first-order chi connectivity index (χ1) is 16.0. The molecule has 1 unspecified atom stereocenters. The zero-order valence-electron chi connectivity index (χ0n) is 18.0. The predicted octanol–water partition coefficient (Wildman–Crippen LogP) is 4.45. The predicted molar refractivity (Wildman–Crippen MR) is 116 cm³/mol. The summed E-state index contributed by atoms with van der Waals surface area (Å²) in [5.41, 5.74) is 9.80. The van der Waals surface area contributed by atoms with E-state index in [4.69, 9.17) is 15.0 Å². The largest absolute Gasteiger partial charge is 0.497 e. The lowest BCUT2D eigenvalue weighted by Crippen LogP contribution is -2.26. The van der Waals surface area contributed by atoms with Gasteiger partial charge in [0, 0.05) is 30.1 Å². The van der Waals surface area contributed by atoms with E-state index < -0.39 is 23.8 Å². The van der Waals surface area contributed by atoms with Crippen LogP contribution < -0.4 is 9.64 Å². The van der Waals surface area contributed by atoms with Gasteiger partial charge in [-0.25, -0.2) is 13.6 Å². The second-order valence-electron chi connectivity index (χ2n) is 8.75. The molecule has 0 spiro atoms. The van der Waals surface area contributed by atoms with Crippen LogP contribution in [-0.4, -0.2) is 50.4 Å². The Labute approximate surface area is 189 Å². The van der Waals surface area contributed by atoms with Crippen LogP contribution in [0.1, 0.15) is 17.0 Å². The molecule has 1 aliphatic carbocycles. The van der Waals surface area contributed by atoms with E-state index in [9.17, 15) is 13.6 Å². The Morgan fingerprint density at radius 1 is 1.15 bits per heavy atom. The molecule has 0 N–H and O–H groups in total. The monoisotopic (exact) mass is 455 g/mol. The fourth-order valence-corrected chi connectivity index (χ4v) is 5.16. The minimum Gasteiger partial charge on any atom is -0.497 e. The summed E-state index contributed by atoms with van der Waals surface area (Å²) < 4.78 is 40.3. The Hall–Kier alpha value is -3.36. The van der Waals surface area contributed by atoms with E-state index in [1.54, 1.807) is 7.11 Å². The number of halogens is 2. The van der Waals surface area contributed by atoms with Gasteiger partial charge in [-0.1, -0.05) is 17.2 Å². The smallest absolute Gasteiger partial charge is 0.414 e. The summed E-state index contributed by atoms with van der Waals surface area (Å²) in [6, 6.07) is 10.3. The number of likely N-dealkylation sites (tertiary alicyclic amines) is 1. The third kappa shape index (κ3) is 4.07. The van der Waals surface area contributed by atoms with Crippen LogP contribution in [0.15, 0.2) is 41.5 Å². The maximum absolute atomic E-state index is 15.0. The van der Waals surface area contributed by atoms with Crippen molar-refractivity contribution in [2.24, 2.45) is 17.0 Å². The molecule has 2 heterocycles. The van der Waals surface area contributed by atoms with E-state index in [1.165, 1.54) is 17.7 Å².